The zero-order valence-electron chi connectivity index (χ0n) is 7.34. The molecule has 64 valence electrons. The Labute approximate surface area is 68.0 Å². The largest absolute Gasteiger partial charge is 0.340 e. The molecule has 1 heterocycles. The van der Waals surface area contributed by atoms with Crippen molar-refractivity contribution in [3.05, 3.63) is 0 Å². The quantitative estimate of drug-likeness (QED) is 0.540. The van der Waals surface area contributed by atoms with E-state index in [0.717, 1.165) is 32.7 Å². The van der Waals surface area contributed by atoms with E-state index in [1.165, 1.54) is 0 Å². The Kier molecular flexibility index (Phi) is 2.88. The first kappa shape index (κ1) is 8.53. The molecule has 0 radical (unpaired) electrons. The second-order valence-electron chi connectivity index (χ2n) is 2.94. The van der Waals surface area contributed by atoms with Crippen LogP contribution in [-0.4, -0.2) is 48.4 Å². The van der Waals surface area contributed by atoms with Gasteiger partial charge >= 0.3 is 0 Å². The molecule has 1 rings (SSSR count). The van der Waals surface area contributed by atoms with Crippen molar-refractivity contribution < 1.29 is 4.79 Å². The number of nitrogens with zero attached hydrogens (tertiary/aromatic N) is 2. The Morgan fingerprint density at radius 1 is 1.27 bits per heavy atom. The highest BCUT2D eigenvalue weighted by atomic mass is 16.2. The van der Waals surface area contributed by atoms with Crippen LogP contribution in [-0.2, 0) is 4.79 Å². The maximum Gasteiger partial charge on any atom is 0.219 e. The number of piperazine rings is 1. The summed E-state index contributed by atoms with van der Waals surface area (Å²) < 4.78 is 0. The van der Waals surface area contributed by atoms with E-state index in [0.29, 0.717) is 0 Å². The molecule has 11 heavy (non-hydrogen) atoms. The molecule has 0 aromatic rings. The van der Waals surface area contributed by atoms with Crippen LogP contribution >= 0.6 is 0 Å². The van der Waals surface area contributed by atoms with Crippen LogP contribution in [0.5, 0.6) is 0 Å². The summed E-state index contributed by atoms with van der Waals surface area (Å²) in [6.45, 7) is 8.79. The number of rotatable bonds is 1. The molecule has 3 nitrogen and oxygen atoms in total. The third kappa shape index (κ3) is 2.19. The van der Waals surface area contributed by atoms with Gasteiger partial charge in [0.15, 0.2) is 0 Å². The summed E-state index contributed by atoms with van der Waals surface area (Å²) in [4.78, 5) is 15.2. The van der Waals surface area contributed by atoms with Gasteiger partial charge in [0.05, 0.1) is 0 Å². The van der Waals surface area contributed by atoms with E-state index in [4.69, 9.17) is 0 Å². The van der Waals surface area contributed by atoms with E-state index in [1.807, 2.05) is 4.90 Å². The van der Waals surface area contributed by atoms with Crippen molar-refractivity contribution in [3.8, 4) is 0 Å². The second kappa shape index (κ2) is 3.72. The van der Waals surface area contributed by atoms with Gasteiger partial charge in [-0.15, -0.1) is 0 Å². The van der Waals surface area contributed by atoms with E-state index < -0.39 is 0 Å². The van der Waals surface area contributed by atoms with Gasteiger partial charge in [0.2, 0.25) is 5.91 Å². The molecule has 0 atom stereocenters. The molecule has 0 bridgehead atoms. The minimum Gasteiger partial charge on any atom is -0.340 e. The lowest BCUT2D eigenvalue weighted by atomic mass is 10.3. The Hall–Kier alpha value is -0.570. The fraction of sp³-hybridized carbons (Fsp3) is 0.875. The highest BCUT2D eigenvalue weighted by Gasteiger charge is 2.16. The number of hydrogen-bond donors (Lipinski definition) is 0. The van der Waals surface area contributed by atoms with Crippen LogP contribution in [0.25, 0.3) is 0 Å². The monoisotopic (exact) mass is 156 g/mol. The lowest BCUT2D eigenvalue weighted by Gasteiger charge is -2.33. The number of amides is 1. The third-order valence-corrected chi connectivity index (χ3v) is 2.26. The number of hydrogen-bond acceptors (Lipinski definition) is 2. The minimum atomic E-state index is 0.209. The molecule has 1 fully saturated rings. The van der Waals surface area contributed by atoms with Crippen molar-refractivity contribution in [1.82, 2.24) is 9.80 Å². The first-order valence-corrected chi connectivity index (χ1v) is 4.22. The molecule has 0 aromatic carbocycles. The molecule has 0 spiro atoms. The van der Waals surface area contributed by atoms with E-state index in [-0.39, 0.29) is 5.91 Å². The summed E-state index contributed by atoms with van der Waals surface area (Å²) in [5, 5.41) is 0. The van der Waals surface area contributed by atoms with Gasteiger partial charge in [0.1, 0.15) is 0 Å². The summed E-state index contributed by atoms with van der Waals surface area (Å²) >= 11 is 0. The van der Waals surface area contributed by atoms with Gasteiger partial charge in [-0.05, 0) is 6.54 Å². The summed E-state index contributed by atoms with van der Waals surface area (Å²) in [7, 11) is 0. The van der Waals surface area contributed by atoms with Gasteiger partial charge < -0.3 is 9.80 Å². The molecule has 1 aliphatic rings. The highest BCUT2D eigenvalue weighted by molar-refractivity contribution is 5.73. The summed E-state index contributed by atoms with van der Waals surface area (Å²) in [5.41, 5.74) is 0. The van der Waals surface area contributed by atoms with Crippen molar-refractivity contribution in [2.75, 3.05) is 32.7 Å². The van der Waals surface area contributed by atoms with E-state index in [9.17, 15) is 4.79 Å². The van der Waals surface area contributed by atoms with Crippen molar-refractivity contribution in [2.45, 2.75) is 13.8 Å². The number of carbonyl (C=O) groups excluding carboxylic acids is 1. The molecular weight excluding hydrogens is 140 g/mol. The Balaban J connectivity index is 2.30. The molecule has 0 aromatic heterocycles. The first-order valence-electron chi connectivity index (χ1n) is 4.22. The van der Waals surface area contributed by atoms with Gasteiger partial charge in [-0.3, -0.25) is 4.79 Å². The van der Waals surface area contributed by atoms with Crippen LogP contribution in [0.1, 0.15) is 13.8 Å². The molecular formula is C8H16N2O. The normalized spacial score (nSPS) is 20.4. The smallest absolute Gasteiger partial charge is 0.219 e. The molecule has 0 N–H and O–H groups in total. The van der Waals surface area contributed by atoms with Gasteiger partial charge in [0.25, 0.3) is 0 Å². The molecule has 3 heteroatoms. The lowest BCUT2D eigenvalue weighted by molar-refractivity contribution is -0.130. The van der Waals surface area contributed by atoms with Gasteiger partial charge in [0, 0.05) is 33.1 Å². The van der Waals surface area contributed by atoms with Crippen LogP contribution < -0.4 is 0 Å². The minimum absolute atomic E-state index is 0.209. The fourth-order valence-corrected chi connectivity index (χ4v) is 1.38. The summed E-state index contributed by atoms with van der Waals surface area (Å²) in [6, 6.07) is 0. The Morgan fingerprint density at radius 2 is 1.82 bits per heavy atom. The topological polar surface area (TPSA) is 23.6 Å². The molecule has 0 aliphatic carbocycles. The Bertz CT molecular complexity index is 139. The zero-order chi connectivity index (χ0) is 8.27. The Morgan fingerprint density at radius 3 is 2.18 bits per heavy atom. The van der Waals surface area contributed by atoms with Crippen molar-refractivity contribution in [1.29, 1.82) is 0 Å². The lowest BCUT2D eigenvalue weighted by Crippen LogP contribution is -2.47. The first-order chi connectivity index (χ1) is 5.24. The maximum absolute atomic E-state index is 10.9. The van der Waals surface area contributed by atoms with Crippen molar-refractivity contribution in [2.24, 2.45) is 0 Å². The predicted octanol–water partition coefficient (Wildman–Crippen LogP) is 0.170. The summed E-state index contributed by atoms with van der Waals surface area (Å²) in [6.07, 6.45) is 0. The van der Waals surface area contributed by atoms with Gasteiger partial charge in [-0.2, -0.15) is 0 Å². The second-order valence-corrected chi connectivity index (χ2v) is 2.94. The van der Waals surface area contributed by atoms with Crippen LogP contribution in [0.4, 0.5) is 0 Å². The fourth-order valence-electron chi connectivity index (χ4n) is 1.38. The average molecular weight is 156 g/mol. The maximum atomic E-state index is 10.9. The average Bonchev–Trinajstić information content (AvgIpc) is 2.05. The SMILES string of the molecule is CCN1CCN(C(C)=O)CC1. The van der Waals surface area contributed by atoms with Crippen molar-refractivity contribution >= 4 is 5.91 Å². The number of carbonyl (C=O) groups is 1. The van der Waals surface area contributed by atoms with E-state index in [1.54, 1.807) is 6.92 Å². The summed E-state index contributed by atoms with van der Waals surface area (Å²) in [5.74, 6) is 0.209. The molecule has 1 saturated heterocycles. The highest BCUT2D eigenvalue weighted by Crippen LogP contribution is 2.00. The molecule has 0 saturated carbocycles. The van der Waals surface area contributed by atoms with Gasteiger partial charge in [-0.25, -0.2) is 0 Å². The van der Waals surface area contributed by atoms with Crippen LogP contribution in [0.2, 0.25) is 0 Å². The third-order valence-electron chi connectivity index (χ3n) is 2.26. The van der Waals surface area contributed by atoms with E-state index in [2.05, 4.69) is 11.8 Å². The van der Waals surface area contributed by atoms with Crippen LogP contribution in [0.15, 0.2) is 0 Å². The van der Waals surface area contributed by atoms with Gasteiger partial charge in [-0.1, -0.05) is 6.92 Å². The zero-order valence-corrected chi connectivity index (χ0v) is 7.34. The van der Waals surface area contributed by atoms with Crippen molar-refractivity contribution in [3.63, 3.8) is 0 Å². The van der Waals surface area contributed by atoms with E-state index >= 15 is 0 Å². The molecule has 0 unspecified atom stereocenters. The number of likely N-dealkylation sites (N-methyl/N-ethyl adjacent to an activating group) is 1. The molecule has 1 amide bonds. The predicted molar refractivity (Wildman–Crippen MR) is 44.4 cm³/mol. The van der Waals surface area contributed by atoms with Crippen LogP contribution in [0, 0.1) is 0 Å². The van der Waals surface area contributed by atoms with Crippen LogP contribution in [0.3, 0.4) is 0 Å². The standard InChI is InChI=1S/C8H16N2O/c1-3-9-4-6-10(7-5-9)8(2)11/h3-7H2,1-2H3. The molecule has 1 aliphatic heterocycles.